The van der Waals surface area contributed by atoms with Gasteiger partial charge in [-0.3, -0.25) is 4.79 Å². The van der Waals surface area contributed by atoms with Gasteiger partial charge in [-0.25, -0.2) is 14.6 Å². The molecule has 7 heteroatoms. The summed E-state index contributed by atoms with van der Waals surface area (Å²) < 4.78 is 1.45. The average Bonchev–Trinajstić information content (AvgIpc) is 2.79. The molecule has 0 saturated carbocycles. The summed E-state index contributed by atoms with van der Waals surface area (Å²) in [4.78, 5) is 23.9. The molecular formula is C24H26N6O. The SMILES string of the molecule is Cc1nc(Cn2ncc3ccccc3c2=O)cc(NCCCN(C)c2ccccc2)n1. The lowest BCUT2D eigenvalue weighted by atomic mass is 10.2. The van der Waals surface area contributed by atoms with Crippen LogP contribution in [0.4, 0.5) is 11.5 Å². The number of aryl methyl sites for hydroxylation is 1. The van der Waals surface area contributed by atoms with Gasteiger partial charge < -0.3 is 10.2 Å². The number of aromatic nitrogens is 4. The molecule has 158 valence electrons. The van der Waals surface area contributed by atoms with Gasteiger partial charge in [0.15, 0.2) is 0 Å². The second kappa shape index (κ2) is 9.38. The Morgan fingerprint density at radius 3 is 2.65 bits per heavy atom. The fourth-order valence-corrected chi connectivity index (χ4v) is 3.54. The second-order valence-corrected chi connectivity index (χ2v) is 7.52. The summed E-state index contributed by atoms with van der Waals surface area (Å²) in [5.41, 5.74) is 1.84. The zero-order valence-corrected chi connectivity index (χ0v) is 17.8. The molecule has 4 rings (SSSR count). The highest BCUT2D eigenvalue weighted by atomic mass is 16.1. The first-order valence-corrected chi connectivity index (χ1v) is 10.4. The van der Waals surface area contributed by atoms with E-state index in [1.807, 2.05) is 55.5 Å². The molecule has 0 atom stereocenters. The first-order chi connectivity index (χ1) is 15.1. The molecule has 1 N–H and O–H groups in total. The van der Waals surface area contributed by atoms with E-state index < -0.39 is 0 Å². The quantitative estimate of drug-likeness (QED) is 0.445. The first kappa shape index (κ1) is 20.5. The monoisotopic (exact) mass is 414 g/mol. The fourth-order valence-electron chi connectivity index (χ4n) is 3.54. The molecule has 0 amide bonds. The van der Waals surface area contributed by atoms with Gasteiger partial charge in [-0.2, -0.15) is 5.10 Å². The number of hydrogen-bond acceptors (Lipinski definition) is 6. The van der Waals surface area contributed by atoms with E-state index in [1.54, 1.807) is 6.20 Å². The molecular weight excluding hydrogens is 388 g/mol. The minimum absolute atomic E-state index is 0.118. The largest absolute Gasteiger partial charge is 0.375 e. The lowest BCUT2D eigenvalue weighted by molar-refractivity contribution is 0.632. The van der Waals surface area contributed by atoms with E-state index in [-0.39, 0.29) is 5.56 Å². The Morgan fingerprint density at radius 1 is 1.03 bits per heavy atom. The second-order valence-electron chi connectivity index (χ2n) is 7.52. The summed E-state index contributed by atoms with van der Waals surface area (Å²) >= 11 is 0. The lowest BCUT2D eigenvalue weighted by Gasteiger charge is -2.19. The number of hydrogen-bond donors (Lipinski definition) is 1. The topological polar surface area (TPSA) is 75.9 Å². The lowest BCUT2D eigenvalue weighted by Crippen LogP contribution is -2.24. The summed E-state index contributed by atoms with van der Waals surface area (Å²) in [5, 5.41) is 9.17. The Kier molecular flexibility index (Phi) is 6.21. The van der Waals surface area contributed by atoms with Crippen molar-refractivity contribution in [2.75, 3.05) is 30.4 Å². The van der Waals surface area contributed by atoms with Gasteiger partial charge in [0.05, 0.1) is 23.8 Å². The Morgan fingerprint density at radius 2 is 1.81 bits per heavy atom. The summed E-state index contributed by atoms with van der Waals surface area (Å²) in [5.74, 6) is 1.42. The van der Waals surface area contributed by atoms with Crippen LogP contribution in [0.3, 0.4) is 0 Å². The fraction of sp³-hybridized carbons (Fsp3) is 0.250. The van der Waals surface area contributed by atoms with Crippen LogP contribution in [0.25, 0.3) is 10.8 Å². The summed E-state index contributed by atoms with van der Waals surface area (Å²) in [6, 6.07) is 19.7. The summed E-state index contributed by atoms with van der Waals surface area (Å²) in [7, 11) is 2.09. The maximum atomic E-state index is 12.7. The van der Waals surface area contributed by atoms with Crippen LogP contribution in [-0.2, 0) is 6.54 Å². The smallest absolute Gasteiger partial charge is 0.274 e. The molecule has 0 aliphatic heterocycles. The Labute approximate surface area is 181 Å². The number of anilines is 2. The Balaban J connectivity index is 1.39. The summed E-state index contributed by atoms with van der Waals surface area (Å²) in [6.45, 7) is 3.89. The van der Waals surface area contributed by atoms with E-state index in [2.05, 4.69) is 44.5 Å². The van der Waals surface area contributed by atoms with E-state index in [0.29, 0.717) is 17.8 Å². The number of nitrogens with zero attached hydrogens (tertiary/aromatic N) is 5. The van der Waals surface area contributed by atoms with Crippen molar-refractivity contribution in [3.63, 3.8) is 0 Å². The predicted octanol–water partition coefficient (Wildman–Crippen LogP) is 3.48. The number of benzene rings is 2. The molecule has 31 heavy (non-hydrogen) atoms. The summed E-state index contributed by atoms with van der Waals surface area (Å²) in [6.07, 6.45) is 2.68. The standard InChI is InChI=1S/C24H26N6O/c1-18-27-20(17-30-24(31)22-12-7-6-9-19(22)16-26-30)15-23(28-18)25-13-8-14-29(2)21-10-4-3-5-11-21/h3-7,9-12,15-16H,8,13-14,17H2,1-2H3,(H,25,27,28). The minimum atomic E-state index is -0.118. The molecule has 0 aliphatic rings. The Bertz CT molecular complexity index is 1220. The van der Waals surface area contributed by atoms with Crippen LogP contribution in [0.2, 0.25) is 0 Å². The van der Waals surface area contributed by atoms with Crippen molar-refractivity contribution in [1.29, 1.82) is 0 Å². The molecule has 7 nitrogen and oxygen atoms in total. The van der Waals surface area contributed by atoms with Crippen molar-refractivity contribution in [2.45, 2.75) is 19.9 Å². The van der Waals surface area contributed by atoms with Crippen LogP contribution in [-0.4, -0.2) is 39.9 Å². The van der Waals surface area contributed by atoms with E-state index in [9.17, 15) is 4.79 Å². The van der Waals surface area contributed by atoms with E-state index >= 15 is 0 Å². The van der Waals surface area contributed by atoms with Crippen LogP contribution in [0.1, 0.15) is 17.9 Å². The zero-order chi connectivity index (χ0) is 21.6. The molecule has 4 aromatic rings. The average molecular weight is 415 g/mol. The van der Waals surface area contributed by atoms with Gasteiger partial charge in [-0.05, 0) is 31.5 Å². The third-order valence-corrected chi connectivity index (χ3v) is 5.14. The van der Waals surface area contributed by atoms with Crippen molar-refractivity contribution in [1.82, 2.24) is 19.7 Å². The zero-order valence-electron chi connectivity index (χ0n) is 17.8. The van der Waals surface area contributed by atoms with Crippen LogP contribution >= 0.6 is 0 Å². The van der Waals surface area contributed by atoms with Crippen molar-refractivity contribution in [3.8, 4) is 0 Å². The number of rotatable bonds is 8. The molecule has 2 aromatic heterocycles. The van der Waals surface area contributed by atoms with Crippen molar-refractivity contribution in [3.05, 3.63) is 88.7 Å². The van der Waals surface area contributed by atoms with Crippen LogP contribution in [0, 0.1) is 6.92 Å². The maximum Gasteiger partial charge on any atom is 0.274 e. The molecule has 0 aliphatic carbocycles. The maximum absolute atomic E-state index is 12.7. The van der Waals surface area contributed by atoms with Crippen molar-refractivity contribution < 1.29 is 0 Å². The molecule has 0 spiro atoms. The van der Waals surface area contributed by atoms with Crippen LogP contribution < -0.4 is 15.8 Å². The first-order valence-electron chi connectivity index (χ1n) is 10.4. The van der Waals surface area contributed by atoms with E-state index in [4.69, 9.17) is 0 Å². The third-order valence-electron chi connectivity index (χ3n) is 5.14. The molecule has 2 aromatic carbocycles. The normalized spacial score (nSPS) is 10.9. The van der Waals surface area contributed by atoms with Gasteiger partial charge in [0.25, 0.3) is 5.56 Å². The number of fused-ring (bicyclic) bond motifs is 1. The highest BCUT2D eigenvalue weighted by Gasteiger charge is 2.08. The van der Waals surface area contributed by atoms with Gasteiger partial charge >= 0.3 is 0 Å². The minimum Gasteiger partial charge on any atom is -0.375 e. The number of nitrogens with one attached hydrogen (secondary N) is 1. The van der Waals surface area contributed by atoms with Crippen molar-refractivity contribution >= 4 is 22.3 Å². The highest BCUT2D eigenvalue weighted by Crippen LogP contribution is 2.12. The molecule has 2 heterocycles. The number of para-hydroxylation sites is 1. The highest BCUT2D eigenvalue weighted by molar-refractivity contribution is 5.80. The van der Waals surface area contributed by atoms with Gasteiger partial charge in [-0.15, -0.1) is 0 Å². The van der Waals surface area contributed by atoms with Crippen molar-refractivity contribution in [2.24, 2.45) is 0 Å². The molecule has 0 saturated heterocycles. The molecule has 0 unspecified atom stereocenters. The van der Waals surface area contributed by atoms with E-state index in [1.165, 1.54) is 10.4 Å². The molecule has 0 bridgehead atoms. The van der Waals surface area contributed by atoms with Gasteiger partial charge in [0.2, 0.25) is 0 Å². The van der Waals surface area contributed by atoms with Gasteiger partial charge in [-0.1, -0.05) is 36.4 Å². The molecule has 0 fully saturated rings. The Hall–Kier alpha value is -3.74. The molecule has 0 radical (unpaired) electrons. The van der Waals surface area contributed by atoms with E-state index in [0.717, 1.165) is 36.4 Å². The predicted molar refractivity (Wildman–Crippen MR) is 125 cm³/mol. The van der Waals surface area contributed by atoms with Crippen LogP contribution in [0.15, 0.2) is 71.7 Å². The van der Waals surface area contributed by atoms with Crippen LogP contribution in [0.5, 0.6) is 0 Å². The van der Waals surface area contributed by atoms with Gasteiger partial charge in [0, 0.05) is 37.3 Å². The third kappa shape index (κ3) is 5.06. The van der Waals surface area contributed by atoms with Gasteiger partial charge in [0.1, 0.15) is 11.6 Å².